The molecule has 6 nitrogen and oxygen atoms in total. The van der Waals surface area contributed by atoms with E-state index in [4.69, 9.17) is 0 Å². The van der Waals surface area contributed by atoms with E-state index in [0.29, 0.717) is 32.0 Å². The molecule has 0 bridgehead atoms. The first-order valence-electron chi connectivity index (χ1n) is 11.3. The lowest BCUT2D eigenvalue weighted by atomic mass is 9.96. The lowest BCUT2D eigenvalue weighted by Gasteiger charge is -2.35. The highest BCUT2D eigenvalue weighted by molar-refractivity contribution is 7.92. The molecule has 0 saturated carbocycles. The highest BCUT2D eigenvalue weighted by Gasteiger charge is 2.37. The molecule has 0 aromatic heterocycles. The van der Waals surface area contributed by atoms with Crippen LogP contribution in [0.2, 0.25) is 0 Å². The quantitative estimate of drug-likeness (QED) is 0.695. The summed E-state index contributed by atoms with van der Waals surface area (Å²) in [5.41, 5.74) is 0.865. The van der Waals surface area contributed by atoms with Crippen molar-refractivity contribution in [1.82, 2.24) is 14.1 Å². The minimum Gasteiger partial charge on any atom is -0.338 e. The fourth-order valence-electron chi connectivity index (χ4n) is 4.99. The first-order valence-corrected chi connectivity index (χ1v) is 12.8. The molecular weight excluding hydrogens is 398 g/mol. The van der Waals surface area contributed by atoms with Gasteiger partial charge in [-0.05, 0) is 63.3 Å². The van der Waals surface area contributed by atoms with Crippen molar-refractivity contribution in [2.75, 3.05) is 39.3 Å². The SMILES string of the molecule is O=C(C1CCN(S(=O)(=O)/C=C/c2ccccc2)CC1)N1CCCC1CN1CCCC1. The van der Waals surface area contributed by atoms with Gasteiger partial charge in [0.25, 0.3) is 0 Å². The number of hydrogen-bond donors (Lipinski definition) is 0. The summed E-state index contributed by atoms with van der Waals surface area (Å²) >= 11 is 0. The summed E-state index contributed by atoms with van der Waals surface area (Å²) in [4.78, 5) is 17.8. The molecule has 0 N–H and O–H groups in total. The topological polar surface area (TPSA) is 60.9 Å². The van der Waals surface area contributed by atoms with Gasteiger partial charge in [0.2, 0.25) is 15.9 Å². The molecule has 164 valence electrons. The Bertz CT molecular complexity index is 842. The Balaban J connectivity index is 1.31. The third-order valence-corrected chi connectivity index (χ3v) is 8.29. The summed E-state index contributed by atoms with van der Waals surface area (Å²) in [5.74, 6) is 0.197. The Morgan fingerprint density at radius 3 is 2.33 bits per heavy atom. The van der Waals surface area contributed by atoms with E-state index in [1.54, 1.807) is 6.08 Å². The summed E-state index contributed by atoms with van der Waals surface area (Å²) in [7, 11) is -3.45. The second kappa shape index (κ2) is 9.62. The molecule has 0 spiro atoms. The maximum Gasteiger partial charge on any atom is 0.236 e. The molecule has 1 aromatic carbocycles. The largest absolute Gasteiger partial charge is 0.338 e. The highest BCUT2D eigenvalue weighted by Crippen LogP contribution is 2.27. The molecule has 3 fully saturated rings. The van der Waals surface area contributed by atoms with Gasteiger partial charge >= 0.3 is 0 Å². The number of nitrogens with zero attached hydrogens (tertiary/aromatic N) is 3. The Morgan fingerprint density at radius 1 is 0.933 bits per heavy atom. The van der Waals surface area contributed by atoms with Gasteiger partial charge in [-0.15, -0.1) is 0 Å². The number of carbonyl (C=O) groups excluding carboxylic acids is 1. The van der Waals surface area contributed by atoms with Crippen LogP contribution in [0.4, 0.5) is 0 Å². The number of benzene rings is 1. The molecular formula is C23H33N3O3S. The number of sulfonamides is 1. The molecule has 1 atom stereocenters. The first kappa shape index (κ1) is 21.5. The smallest absolute Gasteiger partial charge is 0.236 e. The molecule has 0 radical (unpaired) electrons. The molecule has 1 aromatic rings. The maximum absolute atomic E-state index is 13.2. The normalized spacial score (nSPS) is 24.8. The van der Waals surface area contributed by atoms with Gasteiger partial charge in [-0.25, -0.2) is 8.42 Å². The third kappa shape index (κ3) is 5.13. The fourth-order valence-corrected chi connectivity index (χ4v) is 6.21. The van der Waals surface area contributed by atoms with Crippen LogP contribution in [0.5, 0.6) is 0 Å². The van der Waals surface area contributed by atoms with Gasteiger partial charge in [-0.2, -0.15) is 4.31 Å². The van der Waals surface area contributed by atoms with Crippen molar-refractivity contribution in [2.45, 2.75) is 44.6 Å². The van der Waals surface area contributed by atoms with E-state index in [1.165, 1.54) is 22.6 Å². The van der Waals surface area contributed by atoms with Gasteiger partial charge in [0.1, 0.15) is 0 Å². The molecule has 30 heavy (non-hydrogen) atoms. The van der Waals surface area contributed by atoms with Crippen LogP contribution in [0, 0.1) is 5.92 Å². The minimum atomic E-state index is -3.45. The summed E-state index contributed by atoms with van der Waals surface area (Å²) in [6.45, 7) is 5.01. The van der Waals surface area contributed by atoms with Gasteiger partial charge in [0.05, 0.1) is 0 Å². The maximum atomic E-state index is 13.2. The lowest BCUT2D eigenvalue weighted by Crippen LogP contribution is -2.48. The van der Waals surface area contributed by atoms with E-state index in [2.05, 4.69) is 9.80 Å². The van der Waals surface area contributed by atoms with Crippen LogP contribution in [0.3, 0.4) is 0 Å². The Labute approximate surface area is 180 Å². The van der Waals surface area contributed by atoms with Crippen LogP contribution in [0.15, 0.2) is 35.7 Å². The number of carbonyl (C=O) groups is 1. The molecule has 0 aliphatic carbocycles. The average Bonchev–Trinajstić information content (AvgIpc) is 3.45. The van der Waals surface area contributed by atoms with E-state index in [9.17, 15) is 13.2 Å². The first-order chi connectivity index (χ1) is 14.5. The molecule has 3 saturated heterocycles. The second-order valence-electron chi connectivity index (χ2n) is 8.77. The number of likely N-dealkylation sites (tertiary alicyclic amines) is 2. The van der Waals surface area contributed by atoms with Gasteiger partial charge in [0, 0.05) is 43.5 Å². The van der Waals surface area contributed by atoms with E-state index in [0.717, 1.165) is 44.6 Å². The lowest BCUT2D eigenvalue weighted by molar-refractivity contribution is -0.137. The van der Waals surface area contributed by atoms with Crippen LogP contribution in [-0.2, 0) is 14.8 Å². The summed E-state index contributed by atoms with van der Waals surface area (Å²) in [6.07, 6.45) is 7.59. The van der Waals surface area contributed by atoms with Gasteiger partial charge < -0.3 is 9.80 Å². The van der Waals surface area contributed by atoms with Crippen molar-refractivity contribution < 1.29 is 13.2 Å². The molecule has 3 heterocycles. The van der Waals surface area contributed by atoms with Crippen LogP contribution in [0.1, 0.15) is 44.1 Å². The van der Waals surface area contributed by atoms with Crippen molar-refractivity contribution in [3.63, 3.8) is 0 Å². The van der Waals surface area contributed by atoms with Crippen LogP contribution >= 0.6 is 0 Å². The highest BCUT2D eigenvalue weighted by atomic mass is 32.2. The van der Waals surface area contributed by atoms with E-state index in [-0.39, 0.29) is 11.8 Å². The zero-order chi connectivity index (χ0) is 21.0. The Kier molecular flexibility index (Phi) is 6.91. The fraction of sp³-hybridized carbons (Fsp3) is 0.609. The molecule has 4 rings (SSSR count). The number of hydrogen-bond acceptors (Lipinski definition) is 4. The van der Waals surface area contributed by atoms with Crippen molar-refractivity contribution in [1.29, 1.82) is 0 Å². The van der Waals surface area contributed by atoms with Crippen molar-refractivity contribution >= 4 is 22.0 Å². The van der Waals surface area contributed by atoms with Crippen molar-refractivity contribution in [3.05, 3.63) is 41.3 Å². The standard InChI is InChI=1S/C23H33N3O3S/c27-23(26-15-6-9-22(26)19-24-13-4-5-14-24)21-10-16-25(17-11-21)30(28,29)18-12-20-7-2-1-3-8-20/h1-3,7-8,12,18,21-22H,4-6,9-11,13-17,19H2/b18-12+. The van der Waals surface area contributed by atoms with Gasteiger partial charge in [-0.3, -0.25) is 4.79 Å². The monoisotopic (exact) mass is 431 g/mol. The number of amides is 1. The molecule has 3 aliphatic heterocycles. The molecule has 1 unspecified atom stereocenters. The van der Waals surface area contributed by atoms with Crippen LogP contribution in [-0.4, -0.2) is 73.7 Å². The Morgan fingerprint density at radius 2 is 1.63 bits per heavy atom. The molecule has 7 heteroatoms. The van der Waals surface area contributed by atoms with Gasteiger partial charge in [0.15, 0.2) is 0 Å². The van der Waals surface area contributed by atoms with E-state index in [1.807, 2.05) is 30.3 Å². The summed E-state index contributed by atoms with van der Waals surface area (Å²) in [5, 5.41) is 1.29. The predicted molar refractivity (Wildman–Crippen MR) is 119 cm³/mol. The third-order valence-electron chi connectivity index (χ3n) is 6.72. The predicted octanol–water partition coefficient (Wildman–Crippen LogP) is 2.79. The minimum absolute atomic E-state index is 0.0475. The molecule has 1 amide bonds. The zero-order valence-corrected chi connectivity index (χ0v) is 18.5. The Hall–Kier alpha value is -1.70. The van der Waals surface area contributed by atoms with E-state index < -0.39 is 10.0 Å². The van der Waals surface area contributed by atoms with Crippen LogP contribution < -0.4 is 0 Å². The average molecular weight is 432 g/mol. The van der Waals surface area contributed by atoms with Crippen LogP contribution in [0.25, 0.3) is 6.08 Å². The molecule has 3 aliphatic rings. The summed E-state index contributed by atoms with van der Waals surface area (Å²) in [6, 6.07) is 9.78. The zero-order valence-electron chi connectivity index (χ0n) is 17.7. The van der Waals surface area contributed by atoms with E-state index >= 15 is 0 Å². The van der Waals surface area contributed by atoms with Crippen molar-refractivity contribution in [3.8, 4) is 0 Å². The number of piperidine rings is 1. The van der Waals surface area contributed by atoms with Crippen molar-refractivity contribution in [2.24, 2.45) is 5.92 Å². The van der Waals surface area contributed by atoms with Gasteiger partial charge in [-0.1, -0.05) is 30.3 Å². The summed E-state index contributed by atoms with van der Waals surface area (Å²) < 4.78 is 26.9. The second-order valence-corrected chi connectivity index (χ2v) is 10.6. The number of rotatable bonds is 6.